The maximum atomic E-state index is 12.5. The standard InChI is InChI=1S/C23H27N3O2/c1-14-21(25-18-12-10-17(11-13-18)23(28)24-3)19-6-4-5-7-20(19)26(15(2)27)22(14)16-8-9-16/h4-7,10-14,16,21-22,25H,8-9H2,1-3H3,(H,24,28)/t14-,21-,22+/m1/s1. The van der Waals surface area contributed by atoms with Crippen molar-refractivity contribution >= 4 is 23.2 Å². The molecule has 1 aliphatic carbocycles. The van der Waals surface area contributed by atoms with Crippen LogP contribution in [-0.4, -0.2) is 24.9 Å². The Hall–Kier alpha value is -2.82. The van der Waals surface area contributed by atoms with Gasteiger partial charge in [0.15, 0.2) is 0 Å². The second-order valence-corrected chi connectivity index (χ2v) is 7.91. The number of hydrogen-bond donors (Lipinski definition) is 2. The average molecular weight is 377 g/mol. The van der Waals surface area contributed by atoms with Crippen molar-refractivity contribution in [2.45, 2.75) is 38.8 Å². The van der Waals surface area contributed by atoms with Gasteiger partial charge in [0.05, 0.1) is 6.04 Å². The van der Waals surface area contributed by atoms with Crippen molar-refractivity contribution < 1.29 is 9.59 Å². The predicted octanol–water partition coefficient (Wildman–Crippen LogP) is 3.98. The van der Waals surface area contributed by atoms with E-state index in [0.717, 1.165) is 16.9 Å². The third kappa shape index (κ3) is 3.26. The van der Waals surface area contributed by atoms with Crippen LogP contribution in [-0.2, 0) is 4.79 Å². The smallest absolute Gasteiger partial charge is 0.251 e. The summed E-state index contributed by atoms with van der Waals surface area (Å²) in [7, 11) is 1.63. The zero-order valence-electron chi connectivity index (χ0n) is 16.6. The van der Waals surface area contributed by atoms with Gasteiger partial charge < -0.3 is 15.5 Å². The Morgan fingerprint density at radius 3 is 2.32 bits per heavy atom. The lowest BCUT2D eigenvalue weighted by Gasteiger charge is -2.46. The van der Waals surface area contributed by atoms with Gasteiger partial charge in [-0.2, -0.15) is 0 Å². The number of anilines is 2. The third-order valence-corrected chi connectivity index (χ3v) is 6.03. The Kier molecular flexibility index (Phi) is 4.84. The third-order valence-electron chi connectivity index (χ3n) is 6.03. The molecule has 0 radical (unpaired) electrons. The minimum atomic E-state index is -0.0890. The molecule has 4 rings (SSSR count). The highest BCUT2D eigenvalue weighted by atomic mass is 16.2. The van der Waals surface area contributed by atoms with Gasteiger partial charge in [0.2, 0.25) is 5.91 Å². The molecule has 3 atom stereocenters. The molecule has 2 aromatic carbocycles. The van der Waals surface area contributed by atoms with E-state index in [1.165, 1.54) is 12.8 Å². The Morgan fingerprint density at radius 1 is 1.04 bits per heavy atom. The van der Waals surface area contributed by atoms with Crippen LogP contribution in [0, 0.1) is 11.8 Å². The molecule has 1 saturated carbocycles. The molecular weight excluding hydrogens is 350 g/mol. The Morgan fingerprint density at radius 2 is 1.71 bits per heavy atom. The van der Waals surface area contributed by atoms with Crippen molar-refractivity contribution in [2.24, 2.45) is 11.8 Å². The van der Waals surface area contributed by atoms with E-state index < -0.39 is 0 Å². The van der Waals surface area contributed by atoms with E-state index in [1.807, 2.05) is 41.3 Å². The summed E-state index contributed by atoms with van der Waals surface area (Å²) < 4.78 is 0. The molecule has 0 bridgehead atoms. The first-order chi connectivity index (χ1) is 13.5. The summed E-state index contributed by atoms with van der Waals surface area (Å²) in [5, 5.41) is 6.32. The van der Waals surface area contributed by atoms with E-state index in [0.29, 0.717) is 11.5 Å². The normalized spacial score (nSPS) is 23.7. The SMILES string of the molecule is CNC(=O)c1ccc(N[C@H]2c3ccccc3N(C(C)=O)[C@H](C3CC3)[C@@H]2C)cc1. The van der Waals surface area contributed by atoms with Gasteiger partial charge in [-0.25, -0.2) is 0 Å². The van der Waals surface area contributed by atoms with E-state index in [9.17, 15) is 9.59 Å². The fourth-order valence-electron chi connectivity index (χ4n) is 4.55. The van der Waals surface area contributed by atoms with Gasteiger partial charge >= 0.3 is 0 Å². The highest BCUT2D eigenvalue weighted by molar-refractivity contribution is 5.95. The van der Waals surface area contributed by atoms with Crippen molar-refractivity contribution in [1.29, 1.82) is 0 Å². The largest absolute Gasteiger partial charge is 0.378 e. The summed E-state index contributed by atoms with van der Waals surface area (Å²) in [4.78, 5) is 26.3. The maximum Gasteiger partial charge on any atom is 0.251 e. The van der Waals surface area contributed by atoms with E-state index in [1.54, 1.807) is 14.0 Å². The quantitative estimate of drug-likeness (QED) is 0.847. The minimum absolute atomic E-state index is 0.0890. The lowest BCUT2D eigenvalue weighted by Crippen LogP contribution is -2.51. The summed E-state index contributed by atoms with van der Waals surface area (Å²) in [5.41, 5.74) is 3.79. The zero-order chi connectivity index (χ0) is 19.8. The second-order valence-electron chi connectivity index (χ2n) is 7.91. The van der Waals surface area contributed by atoms with E-state index in [4.69, 9.17) is 0 Å². The predicted molar refractivity (Wildman–Crippen MR) is 111 cm³/mol. The molecule has 2 aromatic rings. The summed E-state index contributed by atoms with van der Waals surface area (Å²) in [6.07, 6.45) is 2.38. The average Bonchev–Trinajstić information content (AvgIpc) is 3.54. The first-order valence-corrected chi connectivity index (χ1v) is 9.98. The van der Waals surface area contributed by atoms with Crippen LogP contribution >= 0.6 is 0 Å². The molecule has 5 heteroatoms. The van der Waals surface area contributed by atoms with Gasteiger partial charge in [0.1, 0.15) is 0 Å². The topological polar surface area (TPSA) is 61.4 Å². The summed E-state index contributed by atoms with van der Waals surface area (Å²) in [6, 6.07) is 16.1. The molecule has 2 aliphatic rings. The van der Waals surface area contributed by atoms with Crippen molar-refractivity contribution in [1.82, 2.24) is 5.32 Å². The van der Waals surface area contributed by atoms with E-state index in [2.05, 4.69) is 29.7 Å². The molecule has 0 spiro atoms. The van der Waals surface area contributed by atoms with Crippen molar-refractivity contribution in [3.63, 3.8) is 0 Å². The molecule has 5 nitrogen and oxygen atoms in total. The van der Waals surface area contributed by atoms with Crippen molar-refractivity contribution in [2.75, 3.05) is 17.3 Å². The van der Waals surface area contributed by atoms with Crippen molar-refractivity contribution in [3.8, 4) is 0 Å². The van der Waals surface area contributed by atoms with Crippen LogP contribution in [0.15, 0.2) is 48.5 Å². The van der Waals surface area contributed by atoms with Crippen LogP contribution in [0.4, 0.5) is 11.4 Å². The number of para-hydroxylation sites is 1. The van der Waals surface area contributed by atoms with E-state index >= 15 is 0 Å². The molecule has 146 valence electrons. The van der Waals surface area contributed by atoms with E-state index in [-0.39, 0.29) is 29.8 Å². The Balaban J connectivity index is 1.68. The summed E-state index contributed by atoms with van der Waals surface area (Å²) >= 11 is 0. The molecule has 1 fully saturated rings. The number of carbonyl (C=O) groups excluding carboxylic acids is 2. The first-order valence-electron chi connectivity index (χ1n) is 9.98. The molecule has 2 amide bonds. The summed E-state index contributed by atoms with van der Waals surface area (Å²) in [5.74, 6) is 0.885. The number of amides is 2. The Bertz CT molecular complexity index is 889. The van der Waals surface area contributed by atoms with Crippen LogP contribution in [0.1, 0.15) is 48.7 Å². The number of fused-ring (bicyclic) bond motifs is 1. The molecular formula is C23H27N3O2. The zero-order valence-corrected chi connectivity index (χ0v) is 16.6. The van der Waals surface area contributed by atoms with Gasteiger partial charge in [0, 0.05) is 42.9 Å². The fraction of sp³-hybridized carbons (Fsp3) is 0.391. The van der Waals surface area contributed by atoms with Crippen LogP contribution in [0.25, 0.3) is 0 Å². The molecule has 0 saturated heterocycles. The van der Waals surface area contributed by atoms with Crippen LogP contribution < -0.4 is 15.5 Å². The summed E-state index contributed by atoms with van der Waals surface area (Å²) in [6.45, 7) is 3.91. The number of carbonyl (C=O) groups is 2. The molecule has 0 unspecified atom stereocenters. The monoisotopic (exact) mass is 377 g/mol. The van der Waals surface area contributed by atoms with Gasteiger partial charge in [0.25, 0.3) is 5.91 Å². The number of hydrogen-bond acceptors (Lipinski definition) is 3. The molecule has 2 N–H and O–H groups in total. The van der Waals surface area contributed by atoms with Crippen LogP contribution in [0.3, 0.4) is 0 Å². The highest BCUT2D eigenvalue weighted by Gasteiger charge is 2.47. The minimum Gasteiger partial charge on any atom is -0.378 e. The van der Waals surface area contributed by atoms with Gasteiger partial charge in [-0.3, -0.25) is 9.59 Å². The molecule has 0 aromatic heterocycles. The fourth-order valence-corrected chi connectivity index (χ4v) is 4.55. The first kappa shape index (κ1) is 18.5. The molecule has 28 heavy (non-hydrogen) atoms. The lowest BCUT2D eigenvalue weighted by molar-refractivity contribution is -0.117. The number of rotatable bonds is 4. The van der Waals surface area contributed by atoms with Gasteiger partial charge in [-0.05, 0) is 54.7 Å². The number of nitrogens with zero attached hydrogens (tertiary/aromatic N) is 1. The van der Waals surface area contributed by atoms with Gasteiger partial charge in [-0.15, -0.1) is 0 Å². The second kappa shape index (κ2) is 7.30. The lowest BCUT2D eigenvalue weighted by atomic mass is 9.80. The number of nitrogens with one attached hydrogen (secondary N) is 2. The maximum absolute atomic E-state index is 12.5. The Labute approximate surface area is 166 Å². The van der Waals surface area contributed by atoms with Gasteiger partial charge in [-0.1, -0.05) is 25.1 Å². The highest BCUT2D eigenvalue weighted by Crippen LogP contribution is 2.49. The molecule has 1 aliphatic heterocycles. The number of benzene rings is 2. The van der Waals surface area contributed by atoms with Crippen molar-refractivity contribution in [3.05, 3.63) is 59.7 Å². The van der Waals surface area contributed by atoms with Crippen LogP contribution in [0.5, 0.6) is 0 Å². The van der Waals surface area contributed by atoms with Crippen LogP contribution in [0.2, 0.25) is 0 Å². The molecule has 1 heterocycles.